The SMILES string of the molecule is Nc1nc2cc(CC3CCC4CC(n5cc(F)c6c(N)ncnc65)CC34)cc(F)c2cc1F. The molecule has 33 heavy (non-hydrogen) atoms. The molecule has 0 radical (unpaired) electrons. The minimum atomic E-state index is -0.717. The van der Waals surface area contributed by atoms with E-state index in [0.29, 0.717) is 28.9 Å². The summed E-state index contributed by atoms with van der Waals surface area (Å²) in [5.74, 6) is -0.292. The summed E-state index contributed by atoms with van der Waals surface area (Å²) in [7, 11) is 0. The lowest BCUT2D eigenvalue weighted by molar-refractivity contribution is 0.343. The van der Waals surface area contributed by atoms with Crippen LogP contribution in [0.25, 0.3) is 21.9 Å². The van der Waals surface area contributed by atoms with Crippen molar-refractivity contribution < 1.29 is 13.2 Å². The Morgan fingerprint density at radius 3 is 2.64 bits per heavy atom. The van der Waals surface area contributed by atoms with Crippen molar-refractivity contribution in [3.05, 3.63) is 53.7 Å². The van der Waals surface area contributed by atoms with Gasteiger partial charge in [-0.2, -0.15) is 0 Å². The Morgan fingerprint density at radius 2 is 1.79 bits per heavy atom. The number of halogens is 3. The Kier molecular flexibility index (Phi) is 4.50. The van der Waals surface area contributed by atoms with Gasteiger partial charge in [0.15, 0.2) is 17.5 Å². The molecule has 4 aromatic rings. The quantitative estimate of drug-likeness (QED) is 0.466. The van der Waals surface area contributed by atoms with E-state index in [0.717, 1.165) is 43.7 Å². The number of hydrogen-bond donors (Lipinski definition) is 2. The van der Waals surface area contributed by atoms with Crippen LogP contribution >= 0.6 is 0 Å². The van der Waals surface area contributed by atoms with Gasteiger partial charge < -0.3 is 16.0 Å². The van der Waals surface area contributed by atoms with E-state index in [-0.39, 0.29) is 28.5 Å². The molecule has 4 N–H and O–H groups in total. The highest BCUT2D eigenvalue weighted by molar-refractivity contribution is 5.87. The number of hydrogen-bond acceptors (Lipinski definition) is 5. The second kappa shape index (κ2) is 7.33. The van der Waals surface area contributed by atoms with Crippen LogP contribution in [-0.2, 0) is 6.42 Å². The largest absolute Gasteiger partial charge is 0.383 e. The van der Waals surface area contributed by atoms with Crippen LogP contribution in [0.15, 0.2) is 30.7 Å². The van der Waals surface area contributed by atoms with Crippen molar-refractivity contribution in [1.29, 1.82) is 0 Å². The van der Waals surface area contributed by atoms with Gasteiger partial charge in [0.25, 0.3) is 0 Å². The highest BCUT2D eigenvalue weighted by Crippen LogP contribution is 2.53. The number of nitrogen functional groups attached to an aromatic ring is 2. The highest BCUT2D eigenvalue weighted by atomic mass is 19.1. The molecule has 4 atom stereocenters. The zero-order valence-electron chi connectivity index (χ0n) is 17.8. The van der Waals surface area contributed by atoms with Gasteiger partial charge in [0.2, 0.25) is 0 Å². The summed E-state index contributed by atoms with van der Waals surface area (Å²) in [6.45, 7) is 0. The maximum absolute atomic E-state index is 14.7. The Labute approximate surface area is 187 Å². The molecule has 0 bridgehead atoms. The van der Waals surface area contributed by atoms with E-state index in [9.17, 15) is 13.2 Å². The molecule has 9 heteroatoms. The normalized spacial score (nSPS) is 24.7. The third-order valence-corrected chi connectivity index (χ3v) is 7.65. The highest BCUT2D eigenvalue weighted by Gasteiger charge is 2.44. The van der Waals surface area contributed by atoms with Crippen molar-refractivity contribution in [1.82, 2.24) is 19.5 Å². The van der Waals surface area contributed by atoms with Crippen molar-refractivity contribution >= 4 is 33.6 Å². The third-order valence-electron chi connectivity index (χ3n) is 7.65. The van der Waals surface area contributed by atoms with E-state index in [1.54, 1.807) is 0 Å². The predicted octanol–water partition coefficient (Wildman–Crippen LogP) is 4.78. The van der Waals surface area contributed by atoms with Gasteiger partial charge in [0.1, 0.15) is 23.6 Å². The first kappa shape index (κ1) is 20.3. The Balaban J connectivity index is 1.26. The number of pyridine rings is 1. The molecule has 0 spiro atoms. The monoisotopic (exact) mass is 452 g/mol. The second-order valence-electron chi connectivity index (χ2n) is 9.43. The number of benzene rings is 1. The number of nitrogens with two attached hydrogens (primary N) is 2. The summed E-state index contributed by atoms with van der Waals surface area (Å²) in [5, 5.41) is 0.416. The van der Waals surface area contributed by atoms with E-state index in [1.165, 1.54) is 18.6 Å². The lowest BCUT2D eigenvalue weighted by Gasteiger charge is -2.20. The molecule has 0 amide bonds. The van der Waals surface area contributed by atoms with Crippen molar-refractivity contribution in [3.63, 3.8) is 0 Å². The van der Waals surface area contributed by atoms with Crippen LogP contribution in [0.1, 0.15) is 37.3 Å². The molecule has 0 saturated heterocycles. The van der Waals surface area contributed by atoms with E-state index >= 15 is 0 Å². The smallest absolute Gasteiger partial charge is 0.165 e. The molecule has 1 aromatic carbocycles. The van der Waals surface area contributed by atoms with Crippen molar-refractivity contribution in [3.8, 4) is 0 Å². The first-order valence-corrected chi connectivity index (χ1v) is 11.2. The zero-order chi connectivity index (χ0) is 22.9. The van der Waals surface area contributed by atoms with E-state index in [4.69, 9.17) is 11.5 Å². The summed E-state index contributed by atoms with van der Waals surface area (Å²) < 4.78 is 44.8. The Bertz CT molecular complexity index is 1400. The lowest BCUT2D eigenvalue weighted by Crippen LogP contribution is -2.13. The van der Waals surface area contributed by atoms with Gasteiger partial charge in [-0.05, 0) is 73.6 Å². The van der Waals surface area contributed by atoms with Gasteiger partial charge in [-0.3, -0.25) is 0 Å². The number of rotatable bonds is 3. The molecule has 3 heterocycles. The molecule has 2 aliphatic carbocycles. The maximum Gasteiger partial charge on any atom is 0.165 e. The Hall–Kier alpha value is -3.36. The Morgan fingerprint density at radius 1 is 0.939 bits per heavy atom. The third kappa shape index (κ3) is 3.20. The molecule has 2 saturated carbocycles. The predicted molar refractivity (Wildman–Crippen MR) is 120 cm³/mol. The molecule has 170 valence electrons. The van der Waals surface area contributed by atoms with Gasteiger partial charge in [-0.1, -0.05) is 0 Å². The summed E-state index contributed by atoms with van der Waals surface area (Å²) in [6.07, 6.45) is 7.60. The number of fused-ring (bicyclic) bond motifs is 3. The van der Waals surface area contributed by atoms with Crippen LogP contribution in [0.3, 0.4) is 0 Å². The topological polar surface area (TPSA) is 95.6 Å². The van der Waals surface area contributed by atoms with Crippen LogP contribution in [0.5, 0.6) is 0 Å². The molecule has 3 aromatic heterocycles. The lowest BCUT2D eigenvalue weighted by atomic mass is 9.86. The average Bonchev–Trinajstić information content (AvgIpc) is 3.44. The summed E-state index contributed by atoms with van der Waals surface area (Å²) >= 11 is 0. The van der Waals surface area contributed by atoms with Crippen molar-refractivity contribution in [2.24, 2.45) is 17.8 Å². The summed E-state index contributed by atoms with van der Waals surface area (Å²) in [4.78, 5) is 12.2. The summed E-state index contributed by atoms with van der Waals surface area (Å²) in [6, 6.07) is 4.53. The fourth-order valence-electron chi connectivity index (χ4n) is 6.20. The second-order valence-corrected chi connectivity index (χ2v) is 9.43. The van der Waals surface area contributed by atoms with Gasteiger partial charge in [0, 0.05) is 17.6 Å². The van der Waals surface area contributed by atoms with E-state index in [2.05, 4.69) is 15.0 Å². The molecule has 6 nitrogen and oxygen atoms in total. The molecular weight excluding hydrogens is 429 g/mol. The first-order valence-electron chi connectivity index (χ1n) is 11.2. The molecule has 2 fully saturated rings. The van der Waals surface area contributed by atoms with E-state index < -0.39 is 17.5 Å². The number of aromatic nitrogens is 4. The van der Waals surface area contributed by atoms with Crippen LogP contribution < -0.4 is 11.5 Å². The molecule has 2 aliphatic rings. The first-order chi connectivity index (χ1) is 15.9. The van der Waals surface area contributed by atoms with Gasteiger partial charge >= 0.3 is 0 Å². The molecule has 6 rings (SSSR count). The minimum absolute atomic E-state index is 0.137. The fourth-order valence-corrected chi connectivity index (χ4v) is 6.20. The van der Waals surface area contributed by atoms with Gasteiger partial charge in [-0.25, -0.2) is 28.1 Å². The molecule has 4 unspecified atom stereocenters. The number of nitrogens with zero attached hydrogens (tertiary/aromatic N) is 4. The van der Waals surface area contributed by atoms with Gasteiger partial charge in [-0.15, -0.1) is 0 Å². The molecular formula is C24H23F3N6. The van der Waals surface area contributed by atoms with Crippen LogP contribution in [0, 0.1) is 35.2 Å². The van der Waals surface area contributed by atoms with Gasteiger partial charge in [0.05, 0.1) is 10.9 Å². The minimum Gasteiger partial charge on any atom is -0.383 e. The maximum atomic E-state index is 14.7. The van der Waals surface area contributed by atoms with Crippen molar-refractivity contribution in [2.75, 3.05) is 11.5 Å². The van der Waals surface area contributed by atoms with Crippen molar-refractivity contribution in [2.45, 2.75) is 38.1 Å². The molecule has 0 aliphatic heterocycles. The zero-order valence-corrected chi connectivity index (χ0v) is 17.8. The summed E-state index contributed by atoms with van der Waals surface area (Å²) in [5.41, 5.74) is 13.2. The van der Waals surface area contributed by atoms with E-state index in [1.807, 2.05) is 10.6 Å². The fraction of sp³-hybridized carbons (Fsp3) is 0.375. The average molecular weight is 452 g/mol. The standard InChI is InChI=1S/C24H23F3N6/c25-17-4-11(5-20-16(17)8-18(26)22(28)32-20)3-12-1-2-13-6-14(7-15(12)13)33-9-19(27)21-23(29)30-10-31-24(21)33/h4-5,8-10,12-15H,1-3,6-7H2,(H2,28,32)(H2,29,30,31). The van der Waals surface area contributed by atoms with Crippen LogP contribution in [-0.4, -0.2) is 19.5 Å². The number of anilines is 2. The van der Waals surface area contributed by atoms with Crippen LogP contribution in [0.4, 0.5) is 24.8 Å². The van der Waals surface area contributed by atoms with Crippen LogP contribution in [0.2, 0.25) is 0 Å².